The summed E-state index contributed by atoms with van der Waals surface area (Å²) in [7, 11) is 1.75. The summed E-state index contributed by atoms with van der Waals surface area (Å²) < 4.78 is 0. The Morgan fingerprint density at radius 1 is 1.12 bits per heavy atom. The number of piperazine rings is 1. The number of carbonyl (C=O) groups excluding carboxylic acids is 1. The van der Waals surface area contributed by atoms with E-state index in [1.807, 2.05) is 41.4 Å². The Balaban J connectivity index is 0.00000306. The lowest BCUT2D eigenvalue weighted by molar-refractivity contribution is -0.117. The number of aliphatic imine (C=N–C) groups is 1. The van der Waals surface area contributed by atoms with Crippen LogP contribution in [0.15, 0.2) is 53.7 Å². The number of nitrogens with zero attached hydrogens (tertiary/aromatic N) is 5. The van der Waals surface area contributed by atoms with Gasteiger partial charge >= 0.3 is 0 Å². The summed E-state index contributed by atoms with van der Waals surface area (Å²) in [6, 6.07) is 14.0. The van der Waals surface area contributed by atoms with Crippen molar-refractivity contribution < 1.29 is 4.79 Å². The average molecular weight is 563 g/mol. The summed E-state index contributed by atoms with van der Waals surface area (Å²) in [5.74, 6) is 1.86. The van der Waals surface area contributed by atoms with E-state index in [0.717, 1.165) is 49.8 Å². The van der Waals surface area contributed by atoms with Crippen LogP contribution in [0.3, 0.4) is 0 Å². The molecule has 1 atom stereocenters. The Bertz CT molecular complexity index is 914. The van der Waals surface area contributed by atoms with E-state index in [9.17, 15) is 4.79 Å². The molecule has 3 heterocycles. The van der Waals surface area contributed by atoms with Crippen LogP contribution >= 0.6 is 24.0 Å². The highest BCUT2D eigenvalue weighted by atomic mass is 127. The number of anilines is 2. The minimum absolute atomic E-state index is 0. The molecule has 8 nitrogen and oxygen atoms in total. The first-order valence-corrected chi connectivity index (χ1v) is 11.4. The summed E-state index contributed by atoms with van der Waals surface area (Å²) in [6.45, 7) is 8.81. The van der Waals surface area contributed by atoms with Crippen molar-refractivity contribution in [3.05, 3.63) is 54.2 Å². The van der Waals surface area contributed by atoms with Gasteiger partial charge in [0, 0.05) is 64.6 Å². The maximum absolute atomic E-state index is 12.4. The predicted octanol–water partition coefficient (Wildman–Crippen LogP) is 2.31. The highest BCUT2D eigenvalue weighted by Gasteiger charge is 2.31. The van der Waals surface area contributed by atoms with Gasteiger partial charge in [0.25, 0.3) is 0 Å². The number of likely N-dealkylation sites (N-methyl/N-ethyl adjacent to an activating group) is 1. The van der Waals surface area contributed by atoms with Gasteiger partial charge in [-0.1, -0.05) is 31.2 Å². The standard InChI is InChI=1S/C24H33N7O.HI/c1-3-29-11-13-30(14-12-29)22-10-9-19(16-26-22)17-27-24(25-2)28-20-15-23(32)31(18-20)21-7-5-4-6-8-21;/h4-10,16,20H,3,11-15,17-18H2,1-2H3,(H2,25,27,28);1H. The maximum Gasteiger partial charge on any atom is 0.229 e. The Morgan fingerprint density at radius 2 is 1.88 bits per heavy atom. The molecule has 2 aliphatic heterocycles. The van der Waals surface area contributed by atoms with Crippen LogP contribution in [-0.2, 0) is 11.3 Å². The zero-order valence-electron chi connectivity index (χ0n) is 19.4. The Morgan fingerprint density at radius 3 is 2.52 bits per heavy atom. The number of amides is 1. The van der Waals surface area contributed by atoms with Crippen molar-refractivity contribution >= 4 is 47.3 Å². The van der Waals surface area contributed by atoms with Crippen LogP contribution in [0.25, 0.3) is 0 Å². The molecule has 0 aliphatic carbocycles. The lowest BCUT2D eigenvalue weighted by Crippen LogP contribution is -2.46. The first-order chi connectivity index (χ1) is 15.7. The van der Waals surface area contributed by atoms with E-state index in [2.05, 4.69) is 49.5 Å². The number of nitrogens with one attached hydrogen (secondary N) is 2. The topological polar surface area (TPSA) is 76.1 Å². The Kier molecular flexibility index (Phi) is 9.30. The molecular formula is C24H34IN7O. The molecule has 2 saturated heterocycles. The highest BCUT2D eigenvalue weighted by molar-refractivity contribution is 14.0. The second-order valence-corrected chi connectivity index (χ2v) is 8.26. The Labute approximate surface area is 213 Å². The number of carbonyl (C=O) groups is 1. The number of pyridine rings is 1. The number of hydrogen-bond donors (Lipinski definition) is 2. The average Bonchev–Trinajstić information content (AvgIpc) is 3.22. The normalized spacial score (nSPS) is 19.4. The van der Waals surface area contributed by atoms with E-state index in [0.29, 0.717) is 25.5 Å². The third kappa shape index (κ3) is 6.57. The van der Waals surface area contributed by atoms with Crippen molar-refractivity contribution in [1.29, 1.82) is 0 Å². The zero-order chi connectivity index (χ0) is 22.3. The molecule has 2 aromatic rings. The molecule has 0 radical (unpaired) electrons. The fourth-order valence-electron chi connectivity index (χ4n) is 4.24. The van der Waals surface area contributed by atoms with E-state index in [-0.39, 0.29) is 35.9 Å². The number of guanidine groups is 1. The molecule has 4 rings (SSSR count). The molecule has 1 aromatic carbocycles. The zero-order valence-corrected chi connectivity index (χ0v) is 21.7. The van der Waals surface area contributed by atoms with Crippen LogP contribution in [0.1, 0.15) is 18.9 Å². The number of hydrogen-bond acceptors (Lipinski definition) is 5. The first-order valence-electron chi connectivity index (χ1n) is 11.4. The summed E-state index contributed by atoms with van der Waals surface area (Å²) >= 11 is 0. The summed E-state index contributed by atoms with van der Waals surface area (Å²) in [5.41, 5.74) is 2.03. The molecule has 1 unspecified atom stereocenters. The quantitative estimate of drug-likeness (QED) is 0.320. The van der Waals surface area contributed by atoms with Gasteiger partial charge in [-0.25, -0.2) is 4.98 Å². The number of halogens is 1. The lowest BCUT2D eigenvalue weighted by Gasteiger charge is -2.34. The van der Waals surface area contributed by atoms with Gasteiger partial charge in [0.2, 0.25) is 5.91 Å². The fourth-order valence-corrected chi connectivity index (χ4v) is 4.24. The molecule has 0 bridgehead atoms. The molecule has 0 saturated carbocycles. The molecule has 33 heavy (non-hydrogen) atoms. The third-order valence-corrected chi connectivity index (χ3v) is 6.17. The van der Waals surface area contributed by atoms with Crippen molar-refractivity contribution in [2.24, 2.45) is 4.99 Å². The van der Waals surface area contributed by atoms with Crippen molar-refractivity contribution in [2.75, 3.05) is 56.1 Å². The van der Waals surface area contributed by atoms with Gasteiger partial charge < -0.3 is 25.3 Å². The van der Waals surface area contributed by atoms with Crippen molar-refractivity contribution in [1.82, 2.24) is 20.5 Å². The minimum atomic E-state index is 0. The van der Waals surface area contributed by atoms with Crippen LogP contribution in [0.4, 0.5) is 11.5 Å². The highest BCUT2D eigenvalue weighted by Crippen LogP contribution is 2.21. The van der Waals surface area contributed by atoms with Crippen molar-refractivity contribution in [3.8, 4) is 0 Å². The number of rotatable bonds is 6. The van der Waals surface area contributed by atoms with E-state index in [1.54, 1.807) is 7.05 Å². The van der Waals surface area contributed by atoms with Gasteiger partial charge in [0.05, 0.1) is 6.04 Å². The summed E-state index contributed by atoms with van der Waals surface area (Å²) in [6.07, 6.45) is 2.38. The van der Waals surface area contributed by atoms with Crippen molar-refractivity contribution in [3.63, 3.8) is 0 Å². The molecule has 1 amide bonds. The van der Waals surface area contributed by atoms with Gasteiger partial charge in [-0.05, 0) is 30.3 Å². The summed E-state index contributed by atoms with van der Waals surface area (Å²) in [5, 5.41) is 6.73. The van der Waals surface area contributed by atoms with Crippen LogP contribution < -0.4 is 20.4 Å². The van der Waals surface area contributed by atoms with E-state index >= 15 is 0 Å². The molecule has 2 fully saturated rings. The van der Waals surface area contributed by atoms with Gasteiger partial charge in [0.1, 0.15) is 5.82 Å². The summed E-state index contributed by atoms with van der Waals surface area (Å²) in [4.78, 5) is 28.1. The van der Waals surface area contributed by atoms with Crippen molar-refractivity contribution in [2.45, 2.75) is 25.9 Å². The van der Waals surface area contributed by atoms with E-state index in [1.165, 1.54) is 0 Å². The van der Waals surface area contributed by atoms with E-state index in [4.69, 9.17) is 0 Å². The van der Waals surface area contributed by atoms with Crippen LogP contribution in [-0.4, -0.2) is 74.1 Å². The number of benzene rings is 1. The van der Waals surface area contributed by atoms with Crippen LogP contribution in [0, 0.1) is 0 Å². The van der Waals surface area contributed by atoms with Gasteiger partial charge in [-0.15, -0.1) is 24.0 Å². The lowest BCUT2D eigenvalue weighted by atomic mass is 10.2. The minimum Gasteiger partial charge on any atom is -0.354 e. The molecule has 0 spiro atoms. The monoisotopic (exact) mass is 563 g/mol. The molecule has 2 N–H and O–H groups in total. The molecule has 178 valence electrons. The van der Waals surface area contributed by atoms with Crippen LogP contribution in [0.2, 0.25) is 0 Å². The fraction of sp³-hybridized carbons (Fsp3) is 0.458. The van der Waals surface area contributed by atoms with Crippen LogP contribution in [0.5, 0.6) is 0 Å². The smallest absolute Gasteiger partial charge is 0.229 e. The third-order valence-electron chi connectivity index (χ3n) is 6.17. The maximum atomic E-state index is 12.4. The molecular weight excluding hydrogens is 529 g/mol. The first kappa shape index (κ1) is 25.2. The molecule has 2 aliphatic rings. The van der Waals surface area contributed by atoms with Gasteiger partial charge in [0.15, 0.2) is 5.96 Å². The second-order valence-electron chi connectivity index (χ2n) is 8.26. The molecule has 1 aromatic heterocycles. The SMILES string of the molecule is CCN1CCN(c2ccc(CNC(=NC)NC3CC(=O)N(c4ccccc4)C3)cn2)CC1.I. The number of para-hydroxylation sites is 1. The Hall–Kier alpha value is -2.40. The van der Waals surface area contributed by atoms with Gasteiger partial charge in [-0.3, -0.25) is 9.79 Å². The number of aromatic nitrogens is 1. The largest absolute Gasteiger partial charge is 0.354 e. The molecule has 9 heteroatoms. The van der Waals surface area contributed by atoms with Gasteiger partial charge in [-0.2, -0.15) is 0 Å². The van der Waals surface area contributed by atoms with E-state index < -0.39 is 0 Å². The second kappa shape index (κ2) is 12.2. The predicted molar refractivity (Wildman–Crippen MR) is 145 cm³/mol.